The second kappa shape index (κ2) is 7.16. The molecule has 5 heteroatoms. The average molecular weight is 326 g/mol. The largest absolute Gasteiger partial charge is 0.292 e. The minimum absolute atomic E-state index is 0.0161. The molecular weight excluding hydrogens is 300 g/mol. The smallest absolute Gasteiger partial charge is 0.263 e. The lowest BCUT2D eigenvalue weighted by Crippen LogP contribution is -2.37. The van der Waals surface area contributed by atoms with E-state index in [4.69, 9.17) is 0 Å². The standard InChI is InChI=1S/C19H26N4O/c1-14-18(15(2)22(3)21-14)19(24)23(17-11-7-8-12-20-17)13-16-9-5-4-6-10-16/h7-8,11-12,16H,4-6,9-10,13H2,1-3H3. The maximum atomic E-state index is 13.3. The Bertz CT molecular complexity index is 702. The van der Waals surface area contributed by atoms with Crippen molar-refractivity contribution in [2.75, 3.05) is 11.4 Å². The third-order valence-corrected chi connectivity index (χ3v) is 5.06. The van der Waals surface area contributed by atoms with E-state index >= 15 is 0 Å². The Kier molecular flexibility index (Phi) is 4.97. The zero-order chi connectivity index (χ0) is 17.1. The van der Waals surface area contributed by atoms with E-state index in [1.165, 1.54) is 32.1 Å². The molecule has 2 heterocycles. The summed E-state index contributed by atoms with van der Waals surface area (Å²) in [5, 5.41) is 4.40. The molecule has 1 saturated carbocycles. The number of nitrogens with zero attached hydrogens (tertiary/aromatic N) is 4. The average Bonchev–Trinajstić information content (AvgIpc) is 2.86. The maximum Gasteiger partial charge on any atom is 0.263 e. The second-order valence-corrected chi connectivity index (χ2v) is 6.78. The SMILES string of the molecule is Cc1nn(C)c(C)c1C(=O)N(CC1CCCCC1)c1ccccn1. The Morgan fingerprint density at radius 2 is 2.00 bits per heavy atom. The molecule has 5 nitrogen and oxygen atoms in total. The van der Waals surface area contributed by atoms with Gasteiger partial charge in [-0.05, 0) is 44.7 Å². The number of carbonyl (C=O) groups is 1. The van der Waals surface area contributed by atoms with Crippen LogP contribution in [0.15, 0.2) is 24.4 Å². The zero-order valence-electron chi connectivity index (χ0n) is 14.8. The topological polar surface area (TPSA) is 51.0 Å². The predicted octanol–water partition coefficient (Wildman–Crippen LogP) is 3.66. The number of carbonyl (C=O) groups excluding carboxylic acids is 1. The molecule has 0 radical (unpaired) electrons. The lowest BCUT2D eigenvalue weighted by atomic mass is 9.89. The fourth-order valence-corrected chi connectivity index (χ4v) is 3.64. The van der Waals surface area contributed by atoms with Crippen LogP contribution in [0.1, 0.15) is 53.8 Å². The normalized spacial score (nSPS) is 15.5. The van der Waals surface area contributed by atoms with Crippen molar-refractivity contribution in [1.29, 1.82) is 0 Å². The van der Waals surface area contributed by atoms with Crippen molar-refractivity contribution in [2.45, 2.75) is 46.0 Å². The van der Waals surface area contributed by atoms with Crippen molar-refractivity contribution in [2.24, 2.45) is 13.0 Å². The molecule has 24 heavy (non-hydrogen) atoms. The van der Waals surface area contributed by atoms with E-state index in [-0.39, 0.29) is 5.91 Å². The Labute approximate surface area is 143 Å². The van der Waals surface area contributed by atoms with Crippen LogP contribution < -0.4 is 4.90 Å². The van der Waals surface area contributed by atoms with E-state index < -0.39 is 0 Å². The Hall–Kier alpha value is -2.17. The number of hydrogen-bond acceptors (Lipinski definition) is 3. The van der Waals surface area contributed by atoms with Gasteiger partial charge in [0, 0.05) is 25.5 Å². The van der Waals surface area contributed by atoms with Gasteiger partial charge in [0.1, 0.15) is 5.82 Å². The third kappa shape index (κ3) is 3.35. The summed E-state index contributed by atoms with van der Waals surface area (Å²) < 4.78 is 1.78. The number of aromatic nitrogens is 3. The van der Waals surface area contributed by atoms with Crippen LogP contribution in [0, 0.1) is 19.8 Å². The van der Waals surface area contributed by atoms with Gasteiger partial charge in [-0.1, -0.05) is 25.3 Å². The lowest BCUT2D eigenvalue weighted by molar-refractivity contribution is 0.0978. The molecule has 0 N–H and O–H groups in total. The van der Waals surface area contributed by atoms with E-state index in [0.29, 0.717) is 11.5 Å². The molecule has 1 amide bonds. The highest BCUT2D eigenvalue weighted by atomic mass is 16.2. The molecule has 1 aliphatic carbocycles. The summed E-state index contributed by atoms with van der Waals surface area (Å²) in [6.07, 6.45) is 7.98. The van der Waals surface area contributed by atoms with Crippen LogP contribution >= 0.6 is 0 Å². The number of hydrogen-bond donors (Lipinski definition) is 0. The Morgan fingerprint density at radius 3 is 2.58 bits per heavy atom. The van der Waals surface area contributed by atoms with Gasteiger partial charge in [0.2, 0.25) is 0 Å². The molecule has 2 aromatic rings. The summed E-state index contributed by atoms with van der Waals surface area (Å²) in [4.78, 5) is 19.6. The number of aryl methyl sites for hydroxylation is 2. The molecule has 0 aromatic carbocycles. The first-order valence-corrected chi connectivity index (χ1v) is 8.81. The molecule has 0 atom stereocenters. The van der Waals surface area contributed by atoms with Crippen LogP contribution in [-0.4, -0.2) is 27.2 Å². The highest BCUT2D eigenvalue weighted by Crippen LogP contribution is 2.27. The highest BCUT2D eigenvalue weighted by molar-refractivity contribution is 6.07. The third-order valence-electron chi connectivity index (χ3n) is 5.06. The van der Waals surface area contributed by atoms with Crippen LogP contribution in [-0.2, 0) is 7.05 Å². The van der Waals surface area contributed by atoms with Crippen molar-refractivity contribution < 1.29 is 4.79 Å². The molecule has 1 fully saturated rings. The first-order valence-electron chi connectivity index (χ1n) is 8.81. The molecule has 2 aromatic heterocycles. The highest BCUT2D eigenvalue weighted by Gasteiger charge is 2.27. The van der Waals surface area contributed by atoms with Gasteiger partial charge in [0.05, 0.1) is 11.3 Å². The minimum atomic E-state index is 0.0161. The Balaban J connectivity index is 1.92. The van der Waals surface area contributed by atoms with Crippen LogP contribution in [0.4, 0.5) is 5.82 Å². The fraction of sp³-hybridized carbons (Fsp3) is 0.526. The van der Waals surface area contributed by atoms with Gasteiger partial charge in [-0.3, -0.25) is 14.4 Å². The number of rotatable bonds is 4. The van der Waals surface area contributed by atoms with E-state index in [9.17, 15) is 4.79 Å². The van der Waals surface area contributed by atoms with E-state index in [2.05, 4.69) is 10.1 Å². The summed E-state index contributed by atoms with van der Waals surface area (Å²) in [5.41, 5.74) is 2.39. The first-order chi connectivity index (χ1) is 11.6. The quantitative estimate of drug-likeness (QED) is 0.861. The second-order valence-electron chi connectivity index (χ2n) is 6.78. The molecule has 0 bridgehead atoms. The number of amides is 1. The van der Waals surface area contributed by atoms with Crippen LogP contribution in [0.5, 0.6) is 0 Å². The van der Waals surface area contributed by atoms with Crippen molar-refractivity contribution >= 4 is 11.7 Å². The van der Waals surface area contributed by atoms with E-state index in [0.717, 1.165) is 23.8 Å². The van der Waals surface area contributed by atoms with Gasteiger partial charge in [-0.25, -0.2) is 4.98 Å². The van der Waals surface area contributed by atoms with Crippen molar-refractivity contribution in [1.82, 2.24) is 14.8 Å². The van der Waals surface area contributed by atoms with Gasteiger partial charge >= 0.3 is 0 Å². The van der Waals surface area contributed by atoms with Crippen molar-refractivity contribution in [3.63, 3.8) is 0 Å². The molecule has 1 aliphatic rings. The zero-order valence-corrected chi connectivity index (χ0v) is 14.8. The summed E-state index contributed by atoms with van der Waals surface area (Å²) in [5.74, 6) is 1.31. The summed E-state index contributed by atoms with van der Waals surface area (Å²) in [7, 11) is 1.88. The Morgan fingerprint density at radius 1 is 1.25 bits per heavy atom. The first kappa shape index (κ1) is 16.7. The monoisotopic (exact) mass is 326 g/mol. The summed E-state index contributed by atoms with van der Waals surface area (Å²) in [6.45, 7) is 4.59. The number of anilines is 1. The van der Waals surface area contributed by atoms with Gasteiger partial charge in [-0.15, -0.1) is 0 Å². The van der Waals surface area contributed by atoms with Crippen LogP contribution in [0.25, 0.3) is 0 Å². The van der Waals surface area contributed by atoms with Gasteiger partial charge < -0.3 is 0 Å². The van der Waals surface area contributed by atoms with Crippen molar-refractivity contribution in [3.05, 3.63) is 41.3 Å². The van der Waals surface area contributed by atoms with E-state index in [1.807, 2.05) is 44.0 Å². The molecule has 0 saturated heterocycles. The van der Waals surface area contributed by atoms with Gasteiger partial charge in [0.25, 0.3) is 5.91 Å². The lowest BCUT2D eigenvalue weighted by Gasteiger charge is -2.29. The molecule has 0 spiro atoms. The molecule has 0 aliphatic heterocycles. The summed E-state index contributed by atoms with van der Waals surface area (Å²) in [6, 6.07) is 5.74. The van der Waals surface area contributed by atoms with E-state index in [1.54, 1.807) is 10.9 Å². The van der Waals surface area contributed by atoms with Gasteiger partial charge in [0.15, 0.2) is 0 Å². The van der Waals surface area contributed by atoms with Crippen LogP contribution in [0.2, 0.25) is 0 Å². The van der Waals surface area contributed by atoms with Gasteiger partial charge in [-0.2, -0.15) is 5.10 Å². The molecule has 3 rings (SSSR count). The maximum absolute atomic E-state index is 13.3. The summed E-state index contributed by atoms with van der Waals surface area (Å²) >= 11 is 0. The van der Waals surface area contributed by atoms with Crippen LogP contribution in [0.3, 0.4) is 0 Å². The molecule has 128 valence electrons. The predicted molar refractivity (Wildman–Crippen MR) is 95.2 cm³/mol. The number of pyridine rings is 1. The fourth-order valence-electron chi connectivity index (χ4n) is 3.64. The molecular formula is C19H26N4O. The molecule has 0 unspecified atom stereocenters. The van der Waals surface area contributed by atoms with Crippen molar-refractivity contribution in [3.8, 4) is 0 Å². The minimum Gasteiger partial charge on any atom is -0.292 e.